The molecule has 0 radical (unpaired) electrons. The highest BCUT2D eigenvalue weighted by Crippen LogP contribution is 2.24. The second-order valence-electron chi connectivity index (χ2n) is 5.62. The first-order valence-electron chi connectivity index (χ1n) is 8.29. The number of hydrogen-bond acceptors (Lipinski definition) is 5. The van der Waals surface area contributed by atoms with Gasteiger partial charge >= 0.3 is 0 Å². The maximum Gasteiger partial charge on any atom is 0.287 e. The lowest BCUT2D eigenvalue weighted by Gasteiger charge is -2.10. The van der Waals surface area contributed by atoms with Crippen LogP contribution in [0.5, 0.6) is 0 Å². The molecule has 2 heterocycles. The summed E-state index contributed by atoms with van der Waals surface area (Å²) in [5, 5.41) is 10.1. The van der Waals surface area contributed by atoms with Crippen molar-refractivity contribution in [3.8, 4) is 0 Å². The van der Waals surface area contributed by atoms with Gasteiger partial charge in [0.2, 0.25) is 0 Å². The molecule has 0 bridgehead atoms. The second kappa shape index (κ2) is 9.20. The Morgan fingerprint density at radius 2 is 1.75 bits per heavy atom. The number of carbonyl (C=O) groups excluding carboxylic acids is 3. The molecule has 0 fully saturated rings. The number of nitrogens with one attached hydrogen (secondary N) is 3. The molecule has 0 spiro atoms. The lowest BCUT2D eigenvalue weighted by molar-refractivity contribution is 0.0910. The number of rotatable bonds is 7. The van der Waals surface area contributed by atoms with Crippen molar-refractivity contribution in [1.29, 1.82) is 0 Å². The third-order valence-corrected chi connectivity index (χ3v) is 4.86. The van der Waals surface area contributed by atoms with Crippen LogP contribution < -0.4 is 16.0 Å². The Hall–Kier alpha value is -3.10. The number of thiophene rings is 1. The van der Waals surface area contributed by atoms with Crippen molar-refractivity contribution < 1.29 is 18.8 Å². The van der Waals surface area contributed by atoms with E-state index in [0.29, 0.717) is 21.2 Å². The van der Waals surface area contributed by atoms with Gasteiger partial charge in [-0.05, 0) is 41.8 Å². The normalized spacial score (nSPS) is 10.3. The van der Waals surface area contributed by atoms with E-state index in [1.807, 2.05) is 0 Å². The zero-order valence-corrected chi connectivity index (χ0v) is 16.1. The van der Waals surface area contributed by atoms with E-state index in [9.17, 15) is 14.4 Å². The molecule has 2 aromatic heterocycles. The molecular weight excluding hydrogens is 402 g/mol. The molecule has 7 nitrogen and oxygen atoms in total. The van der Waals surface area contributed by atoms with Gasteiger partial charge in [-0.1, -0.05) is 17.7 Å². The van der Waals surface area contributed by atoms with Crippen LogP contribution in [0.25, 0.3) is 0 Å². The van der Waals surface area contributed by atoms with Crippen molar-refractivity contribution in [2.75, 3.05) is 18.4 Å². The van der Waals surface area contributed by atoms with Crippen molar-refractivity contribution in [3.63, 3.8) is 0 Å². The van der Waals surface area contributed by atoms with Gasteiger partial charge in [-0.25, -0.2) is 0 Å². The first kappa shape index (κ1) is 19.7. The Bertz CT molecular complexity index is 971. The molecule has 144 valence electrons. The number of benzene rings is 1. The summed E-state index contributed by atoms with van der Waals surface area (Å²) in [6.07, 6.45) is 1.41. The average molecular weight is 418 g/mol. The van der Waals surface area contributed by atoms with Crippen LogP contribution in [0.1, 0.15) is 30.6 Å². The summed E-state index contributed by atoms with van der Waals surface area (Å²) in [6, 6.07) is 11.2. The van der Waals surface area contributed by atoms with E-state index < -0.39 is 0 Å². The minimum atomic E-state index is -0.357. The van der Waals surface area contributed by atoms with Gasteiger partial charge in [-0.15, -0.1) is 11.3 Å². The topological polar surface area (TPSA) is 100 Å². The van der Waals surface area contributed by atoms with E-state index >= 15 is 0 Å². The molecule has 1 aromatic carbocycles. The fourth-order valence-electron chi connectivity index (χ4n) is 2.30. The molecule has 9 heteroatoms. The molecule has 0 unspecified atom stereocenters. The highest BCUT2D eigenvalue weighted by atomic mass is 35.5. The zero-order chi connectivity index (χ0) is 19.9. The predicted molar refractivity (Wildman–Crippen MR) is 107 cm³/mol. The second-order valence-corrected chi connectivity index (χ2v) is 6.97. The third kappa shape index (κ3) is 4.99. The Balaban J connectivity index is 1.53. The molecule has 0 aliphatic rings. The highest BCUT2D eigenvalue weighted by Gasteiger charge is 2.13. The SMILES string of the molecule is O=C(NCCNC(=O)c1ccco1)c1ccc(Cl)c(NC(=O)c2cccs2)c1. The minimum absolute atomic E-state index is 0.204. The number of hydrogen-bond donors (Lipinski definition) is 3. The van der Waals surface area contributed by atoms with Gasteiger partial charge in [-0.2, -0.15) is 0 Å². The van der Waals surface area contributed by atoms with Crippen LogP contribution in [0.2, 0.25) is 5.02 Å². The van der Waals surface area contributed by atoms with Crippen LogP contribution >= 0.6 is 22.9 Å². The summed E-state index contributed by atoms with van der Waals surface area (Å²) in [6.45, 7) is 0.464. The van der Waals surface area contributed by atoms with Crippen LogP contribution in [-0.4, -0.2) is 30.8 Å². The van der Waals surface area contributed by atoms with E-state index in [2.05, 4.69) is 16.0 Å². The van der Waals surface area contributed by atoms with Gasteiger partial charge in [0.1, 0.15) is 0 Å². The molecule has 0 aliphatic heterocycles. The lowest BCUT2D eigenvalue weighted by atomic mass is 10.2. The summed E-state index contributed by atoms with van der Waals surface area (Å²) in [4.78, 5) is 36.7. The Labute approximate surface area is 169 Å². The summed E-state index contributed by atoms with van der Waals surface area (Å²) in [7, 11) is 0. The average Bonchev–Trinajstić information content (AvgIpc) is 3.40. The van der Waals surface area contributed by atoms with Crippen LogP contribution in [0, 0.1) is 0 Å². The monoisotopic (exact) mass is 417 g/mol. The fourth-order valence-corrected chi connectivity index (χ4v) is 3.09. The lowest BCUT2D eigenvalue weighted by Crippen LogP contribution is -2.34. The van der Waals surface area contributed by atoms with Crippen molar-refractivity contribution in [3.05, 3.63) is 75.3 Å². The Morgan fingerprint density at radius 1 is 0.964 bits per heavy atom. The van der Waals surface area contributed by atoms with E-state index in [1.54, 1.807) is 41.8 Å². The first-order chi connectivity index (χ1) is 13.5. The zero-order valence-electron chi connectivity index (χ0n) is 14.5. The Kier molecular flexibility index (Phi) is 6.46. The van der Waals surface area contributed by atoms with Gasteiger partial charge in [0.05, 0.1) is 21.9 Å². The number of anilines is 1. The van der Waals surface area contributed by atoms with E-state index in [1.165, 1.54) is 23.7 Å². The van der Waals surface area contributed by atoms with Crippen LogP contribution in [0.3, 0.4) is 0 Å². The molecule has 0 saturated heterocycles. The third-order valence-electron chi connectivity index (χ3n) is 3.66. The quantitative estimate of drug-likeness (QED) is 0.513. The smallest absolute Gasteiger partial charge is 0.287 e. The summed E-state index contributed by atoms with van der Waals surface area (Å²) in [5.74, 6) is -0.801. The van der Waals surface area contributed by atoms with Gasteiger partial charge < -0.3 is 20.4 Å². The number of halogens is 1. The van der Waals surface area contributed by atoms with E-state index in [4.69, 9.17) is 16.0 Å². The molecule has 0 saturated carbocycles. The summed E-state index contributed by atoms with van der Waals surface area (Å²) >= 11 is 7.42. The number of furan rings is 1. The van der Waals surface area contributed by atoms with E-state index in [-0.39, 0.29) is 36.6 Å². The minimum Gasteiger partial charge on any atom is -0.459 e. The summed E-state index contributed by atoms with van der Waals surface area (Å²) < 4.78 is 4.98. The maximum absolute atomic E-state index is 12.3. The molecule has 3 N–H and O–H groups in total. The fraction of sp³-hybridized carbons (Fsp3) is 0.105. The van der Waals surface area contributed by atoms with Crippen LogP contribution in [-0.2, 0) is 0 Å². The molecule has 3 amide bonds. The Morgan fingerprint density at radius 3 is 2.43 bits per heavy atom. The van der Waals surface area contributed by atoms with Crippen molar-refractivity contribution in [2.24, 2.45) is 0 Å². The molecule has 28 heavy (non-hydrogen) atoms. The highest BCUT2D eigenvalue weighted by molar-refractivity contribution is 7.12. The maximum atomic E-state index is 12.3. The largest absolute Gasteiger partial charge is 0.459 e. The van der Waals surface area contributed by atoms with Gasteiger partial charge in [0.15, 0.2) is 5.76 Å². The molecule has 0 aliphatic carbocycles. The van der Waals surface area contributed by atoms with E-state index in [0.717, 1.165) is 0 Å². The number of amides is 3. The van der Waals surface area contributed by atoms with Crippen molar-refractivity contribution in [1.82, 2.24) is 10.6 Å². The van der Waals surface area contributed by atoms with Crippen LogP contribution in [0.15, 0.2) is 58.5 Å². The first-order valence-corrected chi connectivity index (χ1v) is 9.54. The molecule has 3 rings (SSSR count). The molecular formula is C19H16ClN3O4S. The van der Waals surface area contributed by atoms with Crippen LogP contribution in [0.4, 0.5) is 5.69 Å². The van der Waals surface area contributed by atoms with Gasteiger partial charge in [0, 0.05) is 18.7 Å². The number of carbonyl (C=O) groups is 3. The van der Waals surface area contributed by atoms with Gasteiger partial charge in [-0.3, -0.25) is 14.4 Å². The summed E-state index contributed by atoms with van der Waals surface area (Å²) in [5.41, 5.74) is 0.682. The standard InChI is InChI=1S/C19H16ClN3O4S/c20-13-6-5-12(11-14(13)23-19(26)16-4-2-10-28-16)17(24)21-7-8-22-18(25)15-3-1-9-27-15/h1-6,9-11H,7-8H2,(H,21,24)(H,22,25)(H,23,26). The predicted octanol–water partition coefficient (Wildman–Crippen LogP) is 3.41. The van der Waals surface area contributed by atoms with Crippen molar-refractivity contribution >= 4 is 46.3 Å². The van der Waals surface area contributed by atoms with Crippen molar-refractivity contribution in [2.45, 2.75) is 0 Å². The molecule has 3 aromatic rings. The molecule has 0 atom stereocenters. The van der Waals surface area contributed by atoms with Gasteiger partial charge in [0.25, 0.3) is 17.7 Å².